The fourth-order valence-electron chi connectivity index (χ4n) is 2.60. The highest BCUT2D eigenvalue weighted by molar-refractivity contribution is 7.93. The molecular weight excluding hydrogens is 321 g/mol. The number of rotatable bonds is 4. The van der Waals surface area contributed by atoms with Crippen molar-refractivity contribution >= 4 is 27.1 Å². The molecule has 21 heavy (non-hydrogen) atoms. The maximum Gasteiger partial charge on any atom is 0.189 e. The highest BCUT2D eigenvalue weighted by Gasteiger charge is 2.47. The van der Waals surface area contributed by atoms with Crippen molar-refractivity contribution in [2.45, 2.75) is 28.9 Å². The van der Waals surface area contributed by atoms with Crippen LogP contribution in [0.4, 0.5) is 10.1 Å². The van der Waals surface area contributed by atoms with Gasteiger partial charge in [-0.05, 0) is 31.4 Å². The van der Waals surface area contributed by atoms with Crippen molar-refractivity contribution in [2.75, 3.05) is 25.6 Å². The molecule has 0 aromatic heterocycles. The molecule has 0 saturated carbocycles. The monoisotopic (exact) mass is 337 g/mol. The third kappa shape index (κ3) is 2.69. The maximum absolute atomic E-state index is 13.0. The van der Waals surface area contributed by atoms with Crippen LogP contribution in [0.2, 0.25) is 5.02 Å². The Bertz CT molecular complexity index is 624. The number of nitrogen functional groups attached to an aromatic ring is 1. The van der Waals surface area contributed by atoms with Crippen molar-refractivity contribution in [3.8, 4) is 5.75 Å². The van der Waals surface area contributed by atoms with Crippen LogP contribution in [0.1, 0.15) is 19.3 Å². The zero-order chi connectivity index (χ0) is 15.7. The van der Waals surface area contributed by atoms with Gasteiger partial charge in [0.2, 0.25) is 0 Å². The summed E-state index contributed by atoms with van der Waals surface area (Å²) < 4.78 is 42.7. The Morgan fingerprint density at radius 2 is 2.00 bits per heavy atom. The number of alkyl halides is 1. The van der Waals surface area contributed by atoms with Gasteiger partial charge in [0.25, 0.3) is 0 Å². The van der Waals surface area contributed by atoms with Gasteiger partial charge in [-0.2, -0.15) is 0 Å². The summed E-state index contributed by atoms with van der Waals surface area (Å²) in [6.07, 6.45) is 0.150. The molecule has 0 radical (unpaired) electrons. The van der Waals surface area contributed by atoms with Gasteiger partial charge in [-0.3, -0.25) is 4.39 Å². The molecule has 0 amide bonds. The van der Waals surface area contributed by atoms with E-state index in [1.165, 1.54) is 12.1 Å². The van der Waals surface area contributed by atoms with E-state index in [2.05, 4.69) is 0 Å². The third-order valence-electron chi connectivity index (χ3n) is 3.91. The average molecular weight is 338 g/mol. The van der Waals surface area contributed by atoms with Crippen molar-refractivity contribution < 1.29 is 22.7 Å². The predicted molar refractivity (Wildman–Crippen MR) is 78.1 cm³/mol. The van der Waals surface area contributed by atoms with Gasteiger partial charge in [0, 0.05) is 13.2 Å². The van der Waals surface area contributed by atoms with Crippen LogP contribution in [0.5, 0.6) is 5.75 Å². The maximum atomic E-state index is 13.0. The van der Waals surface area contributed by atoms with Gasteiger partial charge in [-0.25, -0.2) is 8.42 Å². The number of anilines is 1. The first-order valence-electron chi connectivity index (χ1n) is 6.51. The van der Waals surface area contributed by atoms with E-state index in [1.807, 2.05) is 0 Å². The number of aromatic hydroxyl groups is 1. The minimum atomic E-state index is -4.05. The fraction of sp³-hybridized carbons (Fsp3) is 0.538. The number of sulfone groups is 1. The van der Waals surface area contributed by atoms with E-state index in [0.29, 0.717) is 0 Å². The van der Waals surface area contributed by atoms with Crippen molar-refractivity contribution in [3.63, 3.8) is 0 Å². The van der Waals surface area contributed by atoms with Crippen LogP contribution in [0.3, 0.4) is 0 Å². The van der Waals surface area contributed by atoms with E-state index < -0.39 is 31.9 Å². The Hall–Kier alpha value is -1.05. The topological polar surface area (TPSA) is 89.6 Å². The Kier molecular flexibility index (Phi) is 4.65. The Morgan fingerprint density at radius 1 is 1.38 bits per heavy atom. The molecule has 1 aromatic carbocycles. The van der Waals surface area contributed by atoms with Crippen LogP contribution in [-0.4, -0.2) is 38.2 Å². The number of ether oxygens (including phenoxy) is 1. The van der Waals surface area contributed by atoms with Crippen molar-refractivity contribution in [1.29, 1.82) is 0 Å². The second-order valence-corrected chi connectivity index (χ2v) is 7.74. The van der Waals surface area contributed by atoms with Gasteiger partial charge in [0.1, 0.15) is 4.90 Å². The lowest BCUT2D eigenvalue weighted by Crippen LogP contribution is -2.44. The summed E-state index contributed by atoms with van der Waals surface area (Å²) in [5, 5.41) is 9.89. The summed E-state index contributed by atoms with van der Waals surface area (Å²) in [6, 6.07) is 2.63. The van der Waals surface area contributed by atoms with Crippen LogP contribution in [-0.2, 0) is 14.6 Å². The molecule has 118 valence electrons. The van der Waals surface area contributed by atoms with Crippen LogP contribution >= 0.6 is 11.6 Å². The molecule has 2 rings (SSSR count). The first-order chi connectivity index (χ1) is 9.85. The fourth-order valence-corrected chi connectivity index (χ4v) is 5.24. The number of phenolic OH excluding ortho intramolecular Hbond substituents is 1. The van der Waals surface area contributed by atoms with Crippen LogP contribution in [0, 0.1) is 0 Å². The molecule has 0 unspecified atom stereocenters. The van der Waals surface area contributed by atoms with Gasteiger partial charge in [-0.15, -0.1) is 0 Å². The number of hydrogen-bond acceptors (Lipinski definition) is 5. The SMILES string of the molecule is Nc1ccc(Cl)c(S(=O)(=O)C2(CCF)CCOCC2)c1O. The number of nitrogens with two attached hydrogens (primary N) is 1. The van der Waals surface area contributed by atoms with Crippen molar-refractivity contribution in [1.82, 2.24) is 0 Å². The summed E-state index contributed by atoms with van der Waals surface area (Å²) >= 11 is 5.95. The first-order valence-corrected chi connectivity index (χ1v) is 8.37. The summed E-state index contributed by atoms with van der Waals surface area (Å²) in [5.41, 5.74) is 5.48. The van der Waals surface area contributed by atoms with Crippen molar-refractivity contribution in [3.05, 3.63) is 17.2 Å². The summed E-state index contributed by atoms with van der Waals surface area (Å²) in [4.78, 5) is -0.417. The molecule has 1 aliphatic heterocycles. The second-order valence-electron chi connectivity index (χ2n) is 5.05. The van der Waals surface area contributed by atoms with Crippen molar-refractivity contribution in [2.24, 2.45) is 0 Å². The van der Waals surface area contributed by atoms with Gasteiger partial charge in [0.15, 0.2) is 15.6 Å². The molecule has 1 heterocycles. The van der Waals surface area contributed by atoms with Gasteiger partial charge in [0.05, 0.1) is 22.1 Å². The van der Waals surface area contributed by atoms with Crippen LogP contribution < -0.4 is 5.73 Å². The molecule has 1 saturated heterocycles. The van der Waals surface area contributed by atoms with E-state index in [4.69, 9.17) is 22.1 Å². The minimum absolute atomic E-state index is 0.0829. The lowest BCUT2D eigenvalue weighted by Gasteiger charge is -2.36. The van der Waals surface area contributed by atoms with Gasteiger partial charge in [-0.1, -0.05) is 11.6 Å². The molecule has 1 aromatic rings. The zero-order valence-corrected chi connectivity index (χ0v) is 12.9. The first kappa shape index (κ1) is 16.3. The van der Waals surface area contributed by atoms with Gasteiger partial charge >= 0.3 is 0 Å². The summed E-state index contributed by atoms with van der Waals surface area (Å²) in [6.45, 7) is -0.334. The number of halogens is 2. The summed E-state index contributed by atoms with van der Waals surface area (Å²) in [7, 11) is -4.05. The molecule has 0 aliphatic carbocycles. The lowest BCUT2D eigenvalue weighted by atomic mass is 9.96. The molecule has 3 N–H and O–H groups in total. The van der Waals surface area contributed by atoms with E-state index in [1.54, 1.807) is 0 Å². The molecule has 0 bridgehead atoms. The minimum Gasteiger partial charge on any atom is -0.504 e. The van der Waals surface area contributed by atoms with Crippen LogP contribution in [0.25, 0.3) is 0 Å². The molecule has 0 spiro atoms. The smallest absolute Gasteiger partial charge is 0.189 e. The highest BCUT2D eigenvalue weighted by atomic mass is 35.5. The Morgan fingerprint density at radius 3 is 2.57 bits per heavy atom. The Balaban J connectivity index is 2.62. The van der Waals surface area contributed by atoms with E-state index in [0.717, 1.165) is 0 Å². The quantitative estimate of drug-likeness (QED) is 0.650. The third-order valence-corrected chi connectivity index (χ3v) is 7.04. The van der Waals surface area contributed by atoms with E-state index in [9.17, 15) is 17.9 Å². The lowest BCUT2D eigenvalue weighted by molar-refractivity contribution is 0.0704. The summed E-state index contributed by atoms with van der Waals surface area (Å²) in [5.74, 6) is -0.577. The molecule has 5 nitrogen and oxygen atoms in total. The molecule has 1 fully saturated rings. The zero-order valence-electron chi connectivity index (χ0n) is 11.3. The Labute approximate surface area is 127 Å². The molecule has 8 heteroatoms. The number of phenols is 1. The molecular formula is C13H17ClFNO4S. The normalized spacial score (nSPS) is 18.6. The largest absolute Gasteiger partial charge is 0.504 e. The van der Waals surface area contributed by atoms with E-state index >= 15 is 0 Å². The highest BCUT2D eigenvalue weighted by Crippen LogP contribution is 2.45. The number of hydrogen-bond donors (Lipinski definition) is 2. The van der Waals surface area contributed by atoms with Crippen LogP contribution in [0.15, 0.2) is 17.0 Å². The molecule has 0 atom stereocenters. The number of benzene rings is 1. The standard InChI is InChI=1S/C13H17ClFNO4S/c14-9-1-2-10(16)11(17)12(9)21(18,19)13(3-6-15)4-7-20-8-5-13/h1-2,17H,3-8,16H2. The van der Waals surface area contributed by atoms with Gasteiger partial charge < -0.3 is 15.6 Å². The average Bonchev–Trinajstić information content (AvgIpc) is 2.44. The predicted octanol–water partition coefficient (Wildman–Crippen LogP) is 2.31. The van der Waals surface area contributed by atoms with E-state index in [-0.39, 0.29) is 43.2 Å². The second kappa shape index (κ2) is 5.98. The molecule has 1 aliphatic rings.